The summed E-state index contributed by atoms with van der Waals surface area (Å²) < 4.78 is 0. The van der Waals surface area contributed by atoms with Crippen molar-refractivity contribution in [2.45, 2.75) is 70.3 Å². The summed E-state index contributed by atoms with van der Waals surface area (Å²) in [5.41, 5.74) is 1.07. The summed E-state index contributed by atoms with van der Waals surface area (Å²) in [5, 5.41) is 27.4. The van der Waals surface area contributed by atoms with Crippen LogP contribution in [0.25, 0.3) is 32.3 Å². The molecule has 30 heavy (non-hydrogen) atoms. The first kappa shape index (κ1) is 21.1. The minimum absolute atomic E-state index is 0.328. The van der Waals surface area contributed by atoms with Gasteiger partial charge in [0, 0.05) is 6.61 Å². The summed E-state index contributed by atoms with van der Waals surface area (Å²) in [4.78, 5) is 0. The molecule has 4 rings (SSSR count). The molecular weight excluding hydrogens is 368 g/mol. The predicted molar refractivity (Wildman–Crippen MR) is 128 cm³/mol. The maximum Gasteiger partial charge on any atom is 0.0796 e. The lowest BCUT2D eigenvalue weighted by atomic mass is 9.89. The van der Waals surface area contributed by atoms with Gasteiger partial charge in [-0.15, -0.1) is 0 Å². The van der Waals surface area contributed by atoms with E-state index >= 15 is 0 Å². The summed E-state index contributed by atoms with van der Waals surface area (Å²) in [5.74, 6) is 0. The molecule has 0 aromatic heterocycles. The number of hydrogen-bond acceptors (Lipinski definition) is 2. The SMILES string of the molecule is OCCCCCCCCCCCC(O)c1ccc2ccc3cccc4ccc1c2c34. The van der Waals surface area contributed by atoms with E-state index in [4.69, 9.17) is 5.11 Å². The molecule has 0 saturated heterocycles. The van der Waals surface area contributed by atoms with Crippen LogP contribution in [0, 0.1) is 0 Å². The highest BCUT2D eigenvalue weighted by atomic mass is 16.3. The van der Waals surface area contributed by atoms with Crippen LogP contribution in [0.2, 0.25) is 0 Å². The fourth-order valence-corrected chi connectivity index (χ4v) is 4.89. The molecule has 0 bridgehead atoms. The van der Waals surface area contributed by atoms with Gasteiger partial charge in [-0.25, -0.2) is 0 Å². The second-order valence-electron chi connectivity index (χ2n) is 8.72. The maximum absolute atomic E-state index is 11.0. The maximum atomic E-state index is 11.0. The van der Waals surface area contributed by atoms with E-state index in [0.29, 0.717) is 6.61 Å². The van der Waals surface area contributed by atoms with Crippen LogP contribution in [0.5, 0.6) is 0 Å². The number of hydrogen-bond donors (Lipinski definition) is 2. The monoisotopic (exact) mass is 402 g/mol. The van der Waals surface area contributed by atoms with Gasteiger partial charge in [-0.2, -0.15) is 0 Å². The van der Waals surface area contributed by atoms with E-state index in [2.05, 4.69) is 54.6 Å². The van der Waals surface area contributed by atoms with E-state index in [0.717, 1.165) is 31.2 Å². The zero-order valence-electron chi connectivity index (χ0n) is 17.9. The summed E-state index contributed by atoms with van der Waals surface area (Å²) in [6.45, 7) is 0.328. The molecule has 1 atom stereocenters. The van der Waals surface area contributed by atoms with E-state index in [9.17, 15) is 5.11 Å². The standard InChI is InChI=1S/C28H34O2/c29-20-9-7-5-3-1-2-4-6-8-13-26(30)24-18-16-23-15-14-21-11-10-12-22-17-19-25(24)28(23)27(21)22/h10-12,14-19,26,29-30H,1-9,13,20H2. The molecule has 2 N–H and O–H groups in total. The fourth-order valence-electron chi connectivity index (χ4n) is 4.89. The average molecular weight is 403 g/mol. The summed E-state index contributed by atoms with van der Waals surface area (Å²) in [6.07, 6.45) is 11.2. The van der Waals surface area contributed by atoms with Crippen molar-refractivity contribution in [3.05, 3.63) is 60.2 Å². The molecule has 0 aliphatic heterocycles. The fraction of sp³-hybridized carbons (Fsp3) is 0.429. The third-order valence-corrected chi connectivity index (χ3v) is 6.56. The highest BCUT2D eigenvalue weighted by Gasteiger charge is 2.15. The van der Waals surface area contributed by atoms with Crippen LogP contribution < -0.4 is 0 Å². The van der Waals surface area contributed by atoms with Crippen molar-refractivity contribution in [2.24, 2.45) is 0 Å². The van der Waals surface area contributed by atoms with Gasteiger partial charge in [-0.05, 0) is 50.7 Å². The Morgan fingerprint density at radius 2 is 1.10 bits per heavy atom. The Morgan fingerprint density at radius 3 is 1.77 bits per heavy atom. The van der Waals surface area contributed by atoms with Crippen LogP contribution in [0.3, 0.4) is 0 Å². The number of aliphatic hydroxyl groups is 2. The summed E-state index contributed by atoms with van der Waals surface area (Å²) >= 11 is 0. The molecule has 4 aromatic rings. The first-order chi connectivity index (χ1) is 14.8. The molecule has 0 radical (unpaired) electrons. The van der Waals surface area contributed by atoms with Crippen LogP contribution in [0.15, 0.2) is 54.6 Å². The third-order valence-electron chi connectivity index (χ3n) is 6.56. The highest BCUT2D eigenvalue weighted by molar-refractivity contribution is 6.23. The van der Waals surface area contributed by atoms with Crippen LogP contribution in [0.4, 0.5) is 0 Å². The van der Waals surface area contributed by atoms with Gasteiger partial charge < -0.3 is 10.2 Å². The van der Waals surface area contributed by atoms with Crippen molar-refractivity contribution in [2.75, 3.05) is 6.61 Å². The van der Waals surface area contributed by atoms with E-state index in [1.165, 1.54) is 70.8 Å². The molecule has 158 valence electrons. The van der Waals surface area contributed by atoms with Gasteiger partial charge in [0.25, 0.3) is 0 Å². The largest absolute Gasteiger partial charge is 0.396 e. The third kappa shape index (κ3) is 4.61. The minimum Gasteiger partial charge on any atom is -0.396 e. The molecule has 0 aliphatic rings. The van der Waals surface area contributed by atoms with Gasteiger partial charge in [0.05, 0.1) is 6.10 Å². The Hall–Kier alpha value is -2.16. The van der Waals surface area contributed by atoms with Gasteiger partial charge in [0.15, 0.2) is 0 Å². The minimum atomic E-state index is -0.395. The Morgan fingerprint density at radius 1 is 0.567 bits per heavy atom. The van der Waals surface area contributed by atoms with E-state index in [-0.39, 0.29) is 0 Å². The van der Waals surface area contributed by atoms with E-state index in [1.54, 1.807) is 0 Å². The number of benzene rings is 4. The second kappa shape index (κ2) is 10.2. The molecule has 0 saturated carbocycles. The zero-order valence-corrected chi connectivity index (χ0v) is 17.9. The normalized spacial score (nSPS) is 13.0. The molecule has 0 spiro atoms. The van der Waals surface area contributed by atoms with Gasteiger partial charge in [0.1, 0.15) is 0 Å². The van der Waals surface area contributed by atoms with Crippen molar-refractivity contribution >= 4 is 32.3 Å². The molecule has 0 fully saturated rings. The number of unbranched alkanes of at least 4 members (excludes halogenated alkanes) is 8. The molecule has 4 aromatic carbocycles. The number of rotatable bonds is 12. The Labute approximate surface area is 179 Å². The van der Waals surface area contributed by atoms with Crippen molar-refractivity contribution < 1.29 is 10.2 Å². The summed E-state index contributed by atoms with van der Waals surface area (Å²) in [7, 11) is 0. The second-order valence-corrected chi connectivity index (χ2v) is 8.72. The summed E-state index contributed by atoms with van der Waals surface area (Å²) in [6, 6.07) is 19.6. The lowest BCUT2D eigenvalue weighted by molar-refractivity contribution is 0.165. The average Bonchev–Trinajstić information content (AvgIpc) is 2.78. The molecular formula is C28H34O2. The highest BCUT2D eigenvalue weighted by Crippen LogP contribution is 2.38. The lowest BCUT2D eigenvalue weighted by Crippen LogP contribution is -1.99. The molecule has 0 heterocycles. The van der Waals surface area contributed by atoms with Gasteiger partial charge >= 0.3 is 0 Å². The van der Waals surface area contributed by atoms with Crippen LogP contribution in [-0.4, -0.2) is 16.8 Å². The van der Waals surface area contributed by atoms with Gasteiger partial charge in [-0.1, -0.05) is 106 Å². The molecule has 2 nitrogen and oxygen atoms in total. The Balaban J connectivity index is 1.35. The molecule has 2 heteroatoms. The van der Waals surface area contributed by atoms with Crippen LogP contribution in [0.1, 0.15) is 75.9 Å². The topological polar surface area (TPSA) is 40.5 Å². The smallest absolute Gasteiger partial charge is 0.0796 e. The van der Waals surface area contributed by atoms with Crippen LogP contribution >= 0.6 is 0 Å². The van der Waals surface area contributed by atoms with Crippen LogP contribution in [-0.2, 0) is 0 Å². The van der Waals surface area contributed by atoms with Crippen molar-refractivity contribution in [1.82, 2.24) is 0 Å². The first-order valence-electron chi connectivity index (χ1n) is 11.7. The Bertz CT molecular complexity index is 1050. The quantitative estimate of drug-likeness (QED) is 0.190. The van der Waals surface area contributed by atoms with Crippen molar-refractivity contribution in [3.63, 3.8) is 0 Å². The first-order valence-corrected chi connectivity index (χ1v) is 11.7. The zero-order chi connectivity index (χ0) is 20.8. The van der Waals surface area contributed by atoms with E-state index in [1.807, 2.05) is 0 Å². The number of aliphatic hydroxyl groups excluding tert-OH is 2. The predicted octanol–water partition coefficient (Wildman–Crippen LogP) is 7.51. The molecule has 1 unspecified atom stereocenters. The van der Waals surface area contributed by atoms with Gasteiger partial charge in [0.2, 0.25) is 0 Å². The van der Waals surface area contributed by atoms with Gasteiger partial charge in [-0.3, -0.25) is 0 Å². The van der Waals surface area contributed by atoms with Crippen molar-refractivity contribution in [1.29, 1.82) is 0 Å². The molecule has 0 aliphatic carbocycles. The molecule has 0 amide bonds. The Kier molecular flexibility index (Phi) is 7.20. The lowest BCUT2D eigenvalue weighted by Gasteiger charge is -2.17. The van der Waals surface area contributed by atoms with E-state index < -0.39 is 6.10 Å². The van der Waals surface area contributed by atoms with Crippen molar-refractivity contribution in [3.8, 4) is 0 Å².